The predicted octanol–water partition coefficient (Wildman–Crippen LogP) is 0.148. The van der Waals surface area contributed by atoms with Crippen LogP contribution in [0.2, 0.25) is 0 Å². The Morgan fingerprint density at radius 1 is 1.46 bits per heavy atom. The molecule has 2 fully saturated rings. The van der Waals surface area contributed by atoms with E-state index in [0.717, 1.165) is 25.9 Å². The molecule has 2 atom stereocenters. The minimum atomic E-state index is -0.00657. The first-order valence-electron chi connectivity index (χ1n) is 4.91. The fourth-order valence-corrected chi connectivity index (χ4v) is 2.18. The molecule has 4 heteroatoms. The lowest BCUT2D eigenvalue weighted by molar-refractivity contribution is -0.141. The van der Waals surface area contributed by atoms with Gasteiger partial charge in [-0.2, -0.15) is 0 Å². The van der Waals surface area contributed by atoms with Crippen molar-refractivity contribution in [3.05, 3.63) is 0 Å². The van der Waals surface area contributed by atoms with Gasteiger partial charge in [0.15, 0.2) is 0 Å². The topological polar surface area (TPSA) is 41.6 Å². The summed E-state index contributed by atoms with van der Waals surface area (Å²) in [4.78, 5) is 11.0. The van der Waals surface area contributed by atoms with Crippen molar-refractivity contribution in [2.45, 2.75) is 25.4 Å². The summed E-state index contributed by atoms with van der Waals surface area (Å²) in [6.45, 7) is 2.00. The molecule has 2 aliphatic heterocycles. The van der Waals surface area contributed by atoms with Crippen molar-refractivity contribution < 1.29 is 9.53 Å². The standard InChI is InChI=1S/C9H16N2O2/c1-10-11-4-2-7-6-9(12)13-8(7)3-5-11/h7-8,10H,2-6H2,1H3. The maximum absolute atomic E-state index is 11.0. The lowest BCUT2D eigenvalue weighted by atomic mass is 9.97. The molecule has 0 aromatic rings. The zero-order valence-corrected chi connectivity index (χ0v) is 7.95. The number of hydrogen-bond donors (Lipinski definition) is 1. The van der Waals surface area contributed by atoms with Crippen molar-refractivity contribution >= 4 is 5.97 Å². The Morgan fingerprint density at radius 2 is 2.23 bits per heavy atom. The summed E-state index contributed by atoms with van der Waals surface area (Å²) in [5.74, 6) is 0.457. The van der Waals surface area contributed by atoms with Gasteiger partial charge in [0, 0.05) is 19.0 Å². The highest BCUT2D eigenvalue weighted by Crippen LogP contribution is 2.29. The maximum atomic E-state index is 11.0. The highest BCUT2D eigenvalue weighted by molar-refractivity contribution is 5.72. The fraction of sp³-hybridized carbons (Fsp3) is 0.889. The van der Waals surface area contributed by atoms with Crippen molar-refractivity contribution in [3.8, 4) is 0 Å². The molecule has 0 bridgehead atoms. The van der Waals surface area contributed by atoms with Crippen LogP contribution in [0.15, 0.2) is 0 Å². The molecule has 0 saturated carbocycles. The van der Waals surface area contributed by atoms with E-state index in [4.69, 9.17) is 4.74 Å². The molecule has 4 nitrogen and oxygen atoms in total. The second-order valence-corrected chi connectivity index (χ2v) is 3.78. The number of fused-ring (bicyclic) bond motifs is 1. The molecule has 0 spiro atoms. The van der Waals surface area contributed by atoms with Crippen LogP contribution in [0.25, 0.3) is 0 Å². The van der Waals surface area contributed by atoms with Crippen LogP contribution in [0.4, 0.5) is 0 Å². The third kappa shape index (κ3) is 1.84. The van der Waals surface area contributed by atoms with E-state index >= 15 is 0 Å². The van der Waals surface area contributed by atoms with Crippen molar-refractivity contribution in [3.63, 3.8) is 0 Å². The quantitative estimate of drug-likeness (QED) is 0.589. The van der Waals surface area contributed by atoms with Gasteiger partial charge in [0.25, 0.3) is 0 Å². The third-order valence-corrected chi connectivity index (χ3v) is 3.01. The number of esters is 1. The summed E-state index contributed by atoms with van der Waals surface area (Å²) in [6.07, 6.45) is 2.85. The third-order valence-electron chi connectivity index (χ3n) is 3.01. The Morgan fingerprint density at radius 3 is 3.00 bits per heavy atom. The summed E-state index contributed by atoms with van der Waals surface area (Å²) in [6, 6.07) is 0. The van der Waals surface area contributed by atoms with Crippen molar-refractivity contribution in [2.24, 2.45) is 5.92 Å². The number of carbonyl (C=O) groups is 1. The normalized spacial score (nSPS) is 35.3. The number of nitrogens with one attached hydrogen (secondary N) is 1. The Hall–Kier alpha value is -0.610. The van der Waals surface area contributed by atoms with Gasteiger partial charge in [-0.25, -0.2) is 5.01 Å². The molecule has 0 aliphatic carbocycles. The van der Waals surface area contributed by atoms with E-state index in [1.807, 2.05) is 7.05 Å². The Balaban J connectivity index is 1.95. The van der Waals surface area contributed by atoms with Crippen molar-refractivity contribution in [2.75, 3.05) is 20.1 Å². The minimum absolute atomic E-state index is 0.00657. The van der Waals surface area contributed by atoms with Crippen LogP contribution in [0, 0.1) is 5.92 Å². The number of hydrazine groups is 1. The molecule has 0 aromatic heterocycles. The van der Waals surface area contributed by atoms with E-state index in [1.165, 1.54) is 0 Å². The van der Waals surface area contributed by atoms with Gasteiger partial charge in [-0.05, 0) is 19.9 Å². The maximum Gasteiger partial charge on any atom is 0.306 e. The van der Waals surface area contributed by atoms with E-state index in [1.54, 1.807) is 0 Å². The van der Waals surface area contributed by atoms with Crippen molar-refractivity contribution in [1.29, 1.82) is 0 Å². The number of ether oxygens (including phenoxy) is 1. The largest absolute Gasteiger partial charge is 0.462 e. The first-order chi connectivity index (χ1) is 6.29. The summed E-state index contributed by atoms with van der Waals surface area (Å²) in [5.41, 5.74) is 3.14. The van der Waals surface area contributed by atoms with E-state index in [0.29, 0.717) is 12.3 Å². The molecule has 2 unspecified atom stereocenters. The van der Waals surface area contributed by atoms with Gasteiger partial charge in [0.2, 0.25) is 0 Å². The molecule has 0 aromatic carbocycles. The molecule has 13 heavy (non-hydrogen) atoms. The Kier molecular flexibility index (Phi) is 2.51. The molecule has 2 aliphatic rings. The monoisotopic (exact) mass is 184 g/mol. The summed E-state index contributed by atoms with van der Waals surface area (Å²) >= 11 is 0. The summed E-state index contributed by atoms with van der Waals surface area (Å²) in [7, 11) is 1.94. The molecule has 2 rings (SSSR count). The van der Waals surface area contributed by atoms with E-state index in [2.05, 4.69) is 10.4 Å². The van der Waals surface area contributed by atoms with Gasteiger partial charge in [-0.15, -0.1) is 0 Å². The molecular weight excluding hydrogens is 168 g/mol. The second-order valence-electron chi connectivity index (χ2n) is 3.78. The van der Waals surface area contributed by atoms with E-state index in [-0.39, 0.29) is 12.1 Å². The zero-order valence-electron chi connectivity index (χ0n) is 7.95. The van der Waals surface area contributed by atoms with E-state index in [9.17, 15) is 4.79 Å². The smallest absolute Gasteiger partial charge is 0.306 e. The van der Waals surface area contributed by atoms with Gasteiger partial charge in [0.05, 0.1) is 6.42 Å². The Labute approximate surface area is 78.2 Å². The minimum Gasteiger partial charge on any atom is -0.462 e. The molecular formula is C9H16N2O2. The molecule has 0 amide bonds. The van der Waals surface area contributed by atoms with Gasteiger partial charge < -0.3 is 4.74 Å². The second kappa shape index (κ2) is 3.64. The lowest BCUT2D eigenvalue weighted by Gasteiger charge is -2.17. The Bertz CT molecular complexity index is 190. The van der Waals surface area contributed by atoms with Gasteiger partial charge in [-0.1, -0.05) is 0 Å². The first-order valence-corrected chi connectivity index (χ1v) is 4.91. The molecule has 74 valence electrons. The average molecular weight is 184 g/mol. The number of rotatable bonds is 1. The van der Waals surface area contributed by atoms with Crippen LogP contribution in [0.3, 0.4) is 0 Å². The van der Waals surface area contributed by atoms with Crippen LogP contribution in [0.5, 0.6) is 0 Å². The fourth-order valence-electron chi connectivity index (χ4n) is 2.18. The van der Waals surface area contributed by atoms with Crippen molar-refractivity contribution in [1.82, 2.24) is 10.4 Å². The highest BCUT2D eigenvalue weighted by atomic mass is 16.5. The molecule has 2 saturated heterocycles. The van der Waals surface area contributed by atoms with Gasteiger partial charge in [-0.3, -0.25) is 10.2 Å². The molecule has 1 N–H and O–H groups in total. The number of hydrogen-bond acceptors (Lipinski definition) is 4. The van der Waals surface area contributed by atoms with Gasteiger partial charge >= 0.3 is 5.97 Å². The lowest BCUT2D eigenvalue weighted by Crippen LogP contribution is -2.36. The SMILES string of the molecule is CNN1CCC2CC(=O)OC2CC1. The van der Waals surface area contributed by atoms with Crippen LogP contribution in [-0.4, -0.2) is 37.2 Å². The van der Waals surface area contributed by atoms with Crippen LogP contribution < -0.4 is 5.43 Å². The van der Waals surface area contributed by atoms with Crippen LogP contribution in [-0.2, 0) is 9.53 Å². The van der Waals surface area contributed by atoms with E-state index < -0.39 is 0 Å². The van der Waals surface area contributed by atoms with Gasteiger partial charge in [0.1, 0.15) is 6.10 Å². The predicted molar refractivity (Wildman–Crippen MR) is 47.9 cm³/mol. The average Bonchev–Trinajstić information content (AvgIpc) is 2.37. The van der Waals surface area contributed by atoms with Crippen LogP contribution in [0.1, 0.15) is 19.3 Å². The highest BCUT2D eigenvalue weighted by Gasteiger charge is 2.36. The zero-order chi connectivity index (χ0) is 9.26. The molecule has 2 heterocycles. The number of nitrogens with zero attached hydrogens (tertiary/aromatic N) is 1. The number of carbonyl (C=O) groups excluding carboxylic acids is 1. The first kappa shape index (κ1) is 8.97. The summed E-state index contributed by atoms with van der Waals surface area (Å²) in [5, 5.41) is 2.19. The molecule has 0 radical (unpaired) electrons. The summed E-state index contributed by atoms with van der Waals surface area (Å²) < 4.78 is 5.24. The van der Waals surface area contributed by atoms with Crippen LogP contribution >= 0.6 is 0 Å².